The smallest absolute Gasteiger partial charge is 0.174 e. The normalized spacial score (nSPS) is 12.9. The first-order valence-corrected chi connectivity index (χ1v) is 7.40. The molecule has 1 atom stereocenters. The summed E-state index contributed by atoms with van der Waals surface area (Å²) in [5.74, 6) is 0.689. The quantitative estimate of drug-likeness (QED) is 0.874. The Morgan fingerprint density at radius 1 is 1.16 bits per heavy atom. The van der Waals surface area contributed by atoms with Gasteiger partial charge in [-0.3, -0.25) is 0 Å². The Morgan fingerprint density at radius 3 is 2.32 bits per heavy atom. The molecule has 1 heterocycles. The third kappa shape index (κ3) is 3.48. The average Bonchev–Trinajstić information content (AvgIpc) is 2.78. The number of hydrogen-bond donors (Lipinski definition) is 1. The SMILES string of the molecule is CNC(c1ccc(CC(C)C)cc1)c1ccoc1Br. The molecule has 1 N–H and O–H groups in total. The molecule has 102 valence electrons. The van der Waals surface area contributed by atoms with Crippen LogP contribution in [0.4, 0.5) is 0 Å². The van der Waals surface area contributed by atoms with Crippen LogP contribution in [-0.2, 0) is 6.42 Å². The fraction of sp³-hybridized carbons (Fsp3) is 0.375. The summed E-state index contributed by atoms with van der Waals surface area (Å²) in [6.07, 6.45) is 2.83. The van der Waals surface area contributed by atoms with E-state index in [0.29, 0.717) is 5.92 Å². The molecule has 2 rings (SSSR count). The lowest BCUT2D eigenvalue weighted by Crippen LogP contribution is -2.17. The van der Waals surface area contributed by atoms with Gasteiger partial charge < -0.3 is 9.73 Å². The number of benzene rings is 1. The summed E-state index contributed by atoms with van der Waals surface area (Å²) in [7, 11) is 1.96. The maximum Gasteiger partial charge on any atom is 0.174 e. The monoisotopic (exact) mass is 321 g/mol. The Morgan fingerprint density at radius 2 is 1.84 bits per heavy atom. The highest BCUT2D eigenvalue weighted by Crippen LogP contribution is 2.29. The standard InChI is InChI=1S/C16H20BrNO/c1-11(2)10-12-4-6-13(7-5-12)15(18-3)14-8-9-19-16(14)17/h4-9,11,15,18H,10H2,1-3H3. The van der Waals surface area contributed by atoms with Crippen molar-refractivity contribution >= 4 is 15.9 Å². The van der Waals surface area contributed by atoms with Gasteiger partial charge >= 0.3 is 0 Å². The van der Waals surface area contributed by atoms with Crippen LogP contribution in [0, 0.1) is 5.92 Å². The molecule has 2 nitrogen and oxygen atoms in total. The van der Waals surface area contributed by atoms with Gasteiger partial charge in [-0.25, -0.2) is 0 Å². The Hall–Kier alpha value is -1.06. The van der Waals surface area contributed by atoms with Gasteiger partial charge in [-0.15, -0.1) is 0 Å². The van der Waals surface area contributed by atoms with E-state index in [2.05, 4.69) is 59.4 Å². The van der Waals surface area contributed by atoms with E-state index in [9.17, 15) is 0 Å². The third-order valence-corrected chi connectivity index (χ3v) is 3.85. The van der Waals surface area contributed by atoms with E-state index in [0.717, 1.165) is 16.7 Å². The van der Waals surface area contributed by atoms with Crippen LogP contribution in [0.25, 0.3) is 0 Å². The highest BCUT2D eigenvalue weighted by atomic mass is 79.9. The molecule has 0 saturated heterocycles. The van der Waals surface area contributed by atoms with Crippen molar-refractivity contribution in [3.05, 3.63) is 58.0 Å². The van der Waals surface area contributed by atoms with Gasteiger partial charge in [0.1, 0.15) is 0 Å². The van der Waals surface area contributed by atoms with E-state index in [-0.39, 0.29) is 6.04 Å². The van der Waals surface area contributed by atoms with Crippen molar-refractivity contribution in [3.63, 3.8) is 0 Å². The summed E-state index contributed by atoms with van der Waals surface area (Å²) in [5.41, 5.74) is 3.76. The minimum Gasteiger partial charge on any atom is -0.457 e. The van der Waals surface area contributed by atoms with Crippen LogP contribution in [0.3, 0.4) is 0 Å². The van der Waals surface area contributed by atoms with E-state index >= 15 is 0 Å². The maximum absolute atomic E-state index is 5.32. The van der Waals surface area contributed by atoms with E-state index in [1.165, 1.54) is 11.1 Å². The zero-order valence-electron chi connectivity index (χ0n) is 11.6. The molecule has 1 aromatic heterocycles. The number of hydrogen-bond acceptors (Lipinski definition) is 2. The van der Waals surface area contributed by atoms with Gasteiger partial charge in [0.25, 0.3) is 0 Å². The van der Waals surface area contributed by atoms with Gasteiger partial charge in [-0.1, -0.05) is 38.1 Å². The molecular formula is C16H20BrNO. The lowest BCUT2D eigenvalue weighted by atomic mass is 9.97. The van der Waals surface area contributed by atoms with Crippen molar-refractivity contribution in [1.82, 2.24) is 5.32 Å². The van der Waals surface area contributed by atoms with E-state index in [4.69, 9.17) is 4.42 Å². The van der Waals surface area contributed by atoms with Gasteiger partial charge in [0.2, 0.25) is 0 Å². The van der Waals surface area contributed by atoms with Crippen molar-refractivity contribution in [1.29, 1.82) is 0 Å². The molecule has 0 aliphatic carbocycles. The van der Waals surface area contributed by atoms with Crippen LogP contribution < -0.4 is 5.32 Å². The van der Waals surface area contributed by atoms with Gasteiger partial charge in [0.15, 0.2) is 4.67 Å². The van der Waals surface area contributed by atoms with Crippen LogP contribution in [0.15, 0.2) is 45.7 Å². The van der Waals surface area contributed by atoms with Crippen molar-refractivity contribution in [3.8, 4) is 0 Å². The summed E-state index contributed by atoms with van der Waals surface area (Å²) < 4.78 is 6.11. The zero-order valence-corrected chi connectivity index (χ0v) is 13.2. The van der Waals surface area contributed by atoms with Crippen LogP contribution in [0.5, 0.6) is 0 Å². The highest BCUT2D eigenvalue weighted by molar-refractivity contribution is 9.10. The minimum atomic E-state index is 0.154. The maximum atomic E-state index is 5.32. The number of furan rings is 1. The minimum absolute atomic E-state index is 0.154. The van der Waals surface area contributed by atoms with E-state index < -0.39 is 0 Å². The first-order chi connectivity index (χ1) is 9.11. The molecular weight excluding hydrogens is 302 g/mol. The molecule has 1 unspecified atom stereocenters. The molecule has 0 fully saturated rings. The molecule has 3 heteroatoms. The largest absolute Gasteiger partial charge is 0.457 e. The van der Waals surface area contributed by atoms with Gasteiger partial charge in [0.05, 0.1) is 12.3 Å². The molecule has 0 bridgehead atoms. The molecule has 0 amide bonds. The number of rotatable bonds is 5. The van der Waals surface area contributed by atoms with Gasteiger partial charge in [-0.05, 0) is 52.5 Å². The topological polar surface area (TPSA) is 25.2 Å². The average molecular weight is 322 g/mol. The summed E-state index contributed by atoms with van der Waals surface area (Å²) in [5, 5.41) is 3.33. The van der Waals surface area contributed by atoms with Crippen LogP contribution in [0.2, 0.25) is 0 Å². The van der Waals surface area contributed by atoms with Gasteiger partial charge in [-0.2, -0.15) is 0 Å². The van der Waals surface area contributed by atoms with Crippen molar-refractivity contribution < 1.29 is 4.42 Å². The fourth-order valence-electron chi connectivity index (χ4n) is 2.33. The van der Waals surface area contributed by atoms with Crippen molar-refractivity contribution in [2.75, 3.05) is 7.05 Å². The first kappa shape index (κ1) is 14.4. The van der Waals surface area contributed by atoms with E-state index in [1.807, 2.05) is 13.1 Å². The third-order valence-electron chi connectivity index (χ3n) is 3.20. The van der Waals surface area contributed by atoms with Crippen LogP contribution >= 0.6 is 15.9 Å². The summed E-state index contributed by atoms with van der Waals surface area (Å²) >= 11 is 3.45. The Balaban J connectivity index is 2.22. The molecule has 0 radical (unpaired) electrons. The summed E-state index contributed by atoms with van der Waals surface area (Å²) in [6.45, 7) is 4.49. The lowest BCUT2D eigenvalue weighted by molar-refractivity contribution is 0.530. The highest BCUT2D eigenvalue weighted by Gasteiger charge is 2.16. The summed E-state index contributed by atoms with van der Waals surface area (Å²) in [6, 6.07) is 11.0. The Bertz CT molecular complexity index is 516. The number of nitrogens with one attached hydrogen (secondary N) is 1. The van der Waals surface area contributed by atoms with Crippen LogP contribution in [0.1, 0.15) is 36.6 Å². The first-order valence-electron chi connectivity index (χ1n) is 6.60. The predicted octanol–water partition coefficient (Wildman–Crippen LogP) is 4.55. The molecule has 0 aliphatic heterocycles. The predicted molar refractivity (Wildman–Crippen MR) is 82.3 cm³/mol. The Kier molecular flexibility index (Phi) is 4.83. The number of halogens is 1. The van der Waals surface area contributed by atoms with E-state index in [1.54, 1.807) is 6.26 Å². The van der Waals surface area contributed by atoms with Crippen molar-refractivity contribution in [2.24, 2.45) is 5.92 Å². The molecule has 2 aromatic rings. The molecule has 0 spiro atoms. The Labute approximate surface area is 123 Å². The second kappa shape index (κ2) is 6.40. The second-order valence-electron chi connectivity index (χ2n) is 5.21. The molecule has 0 saturated carbocycles. The summed E-state index contributed by atoms with van der Waals surface area (Å²) in [4.78, 5) is 0. The fourth-order valence-corrected chi connectivity index (χ4v) is 2.80. The molecule has 19 heavy (non-hydrogen) atoms. The second-order valence-corrected chi connectivity index (χ2v) is 5.93. The lowest BCUT2D eigenvalue weighted by Gasteiger charge is -2.16. The van der Waals surface area contributed by atoms with Gasteiger partial charge in [0, 0.05) is 5.56 Å². The van der Waals surface area contributed by atoms with Crippen LogP contribution in [-0.4, -0.2) is 7.05 Å². The molecule has 1 aromatic carbocycles. The van der Waals surface area contributed by atoms with Crippen molar-refractivity contribution in [2.45, 2.75) is 26.3 Å². The molecule has 0 aliphatic rings. The zero-order chi connectivity index (χ0) is 13.8.